The Balaban J connectivity index is 2.37. The van der Waals surface area contributed by atoms with Gasteiger partial charge in [0.1, 0.15) is 0 Å². The molecule has 0 bridgehead atoms. The van der Waals surface area contributed by atoms with Crippen molar-refractivity contribution in [1.29, 1.82) is 0 Å². The lowest BCUT2D eigenvalue weighted by atomic mass is 9.65. The maximum atomic E-state index is 6.39. The van der Waals surface area contributed by atoms with Crippen molar-refractivity contribution in [2.45, 2.75) is 19.8 Å². The van der Waals surface area contributed by atoms with Crippen LogP contribution in [0, 0.1) is 11.3 Å². The molecule has 1 saturated carbocycles. The number of allylic oxidation sites excluding steroid dienone is 3. The van der Waals surface area contributed by atoms with Gasteiger partial charge in [0.05, 0.1) is 6.61 Å². The quantitative estimate of drug-likeness (QED) is 0.848. The van der Waals surface area contributed by atoms with Gasteiger partial charge in [-0.25, -0.2) is 0 Å². The third kappa shape index (κ3) is 2.42. The zero-order valence-corrected chi connectivity index (χ0v) is 12.0. The molecule has 1 aliphatic carbocycles. The van der Waals surface area contributed by atoms with E-state index in [-0.39, 0.29) is 0 Å². The van der Waals surface area contributed by atoms with Gasteiger partial charge in [-0.1, -0.05) is 37.3 Å². The molecule has 100 valence electrons. The minimum Gasteiger partial charge on any atom is -0.379 e. The van der Waals surface area contributed by atoms with Crippen LogP contribution in [-0.2, 0) is 4.74 Å². The predicted octanol–water partition coefficient (Wildman–Crippen LogP) is 3.26. The fourth-order valence-corrected chi connectivity index (χ4v) is 3.55. The first-order valence-electron chi connectivity index (χ1n) is 6.52. The van der Waals surface area contributed by atoms with E-state index in [1.807, 2.05) is 6.08 Å². The van der Waals surface area contributed by atoms with Gasteiger partial charge in [-0.2, -0.15) is 0 Å². The Bertz CT molecular complexity index is 399. The van der Waals surface area contributed by atoms with Crippen molar-refractivity contribution in [3.05, 3.63) is 34.9 Å². The van der Waals surface area contributed by atoms with E-state index in [1.54, 1.807) is 7.11 Å². The van der Waals surface area contributed by atoms with E-state index in [1.165, 1.54) is 17.6 Å². The van der Waals surface area contributed by atoms with Crippen molar-refractivity contribution in [3.8, 4) is 0 Å². The molecule has 0 spiro atoms. The minimum absolute atomic E-state index is 0.364. The summed E-state index contributed by atoms with van der Waals surface area (Å²) < 4.78 is 5.16. The first-order valence-corrected chi connectivity index (χ1v) is 6.90. The Kier molecular flexibility index (Phi) is 4.31. The van der Waals surface area contributed by atoms with Crippen molar-refractivity contribution in [2.24, 2.45) is 11.3 Å². The highest BCUT2D eigenvalue weighted by molar-refractivity contribution is 6.30. The number of halogens is 1. The fourth-order valence-electron chi connectivity index (χ4n) is 3.23. The molecule has 2 fully saturated rings. The second-order valence-corrected chi connectivity index (χ2v) is 5.97. The molecular formula is C15H22ClNO. The Hall–Kier alpha value is -0.570. The molecule has 0 amide bonds. The van der Waals surface area contributed by atoms with E-state index in [0.717, 1.165) is 24.5 Å². The molecule has 2 atom stereocenters. The number of hydrogen-bond acceptors (Lipinski definition) is 2. The summed E-state index contributed by atoms with van der Waals surface area (Å²) in [6.07, 6.45) is 6.23. The molecule has 1 N–H and O–H groups in total. The summed E-state index contributed by atoms with van der Waals surface area (Å²) in [6.45, 7) is 8.85. The molecule has 2 nitrogen and oxygen atoms in total. The molecule has 1 heterocycles. The second kappa shape index (κ2) is 5.60. The summed E-state index contributed by atoms with van der Waals surface area (Å²) in [7, 11) is 1.68. The highest BCUT2D eigenvalue weighted by atomic mass is 35.5. The SMILES string of the molecule is C=C/C=C1\C(=C(\Cl)COC)CC[C@@]2(C)CNC[C@@H]12. The normalized spacial score (nSPS) is 36.6. The summed E-state index contributed by atoms with van der Waals surface area (Å²) in [5.41, 5.74) is 2.98. The lowest BCUT2D eigenvalue weighted by molar-refractivity contribution is 0.224. The molecule has 1 saturated heterocycles. The minimum atomic E-state index is 0.364. The van der Waals surface area contributed by atoms with Crippen LogP contribution in [-0.4, -0.2) is 26.8 Å². The lowest BCUT2D eigenvalue weighted by Gasteiger charge is -2.39. The molecule has 2 rings (SSSR count). The van der Waals surface area contributed by atoms with E-state index in [4.69, 9.17) is 16.3 Å². The summed E-state index contributed by atoms with van der Waals surface area (Å²) in [5, 5.41) is 4.36. The van der Waals surface area contributed by atoms with Crippen LogP contribution >= 0.6 is 11.6 Å². The number of ether oxygens (including phenoxy) is 1. The standard InChI is InChI=1S/C15H22ClNO/c1-4-5-11-12(14(16)9-18-3)6-7-15(2)10-17-8-13(11)15/h4-5,13,17H,1,6-10H2,2-3H3/b11-5+,14-12+/t13-,15-/m0/s1. The van der Waals surface area contributed by atoms with Gasteiger partial charge in [-0.3, -0.25) is 0 Å². The Morgan fingerprint density at radius 1 is 1.67 bits per heavy atom. The first-order chi connectivity index (χ1) is 8.62. The highest BCUT2D eigenvalue weighted by Gasteiger charge is 2.44. The van der Waals surface area contributed by atoms with Crippen molar-refractivity contribution in [2.75, 3.05) is 26.8 Å². The molecule has 0 unspecified atom stereocenters. The maximum absolute atomic E-state index is 6.39. The molecule has 0 radical (unpaired) electrons. The van der Waals surface area contributed by atoms with Crippen LogP contribution < -0.4 is 5.32 Å². The molecule has 3 heteroatoms. The Morgan fingerprint density at radius 2 is 2.44 bits per heavy atom. The van der Waals surface area contributed by atoms with E-state index < -0.39 is 0 Å². The Morgan fingerprint density at radius 3 is 3.11 bits per heavy atom. The van der Waals surface area contributed by atoms with Crippen molar-refractivity contribution < 1.29 is 4.74 Å². The zero-order chi connectivity index (χ0) is 13.2. The van der Waals surface area contributed by atoms with E-state index in [9.17, 15) is 0 Å². The van der Waals surface area contributed by atoms with Crippen LogP contribution in [0.5, 0.6) is 0 Å². The molecule has 18 heavy (non-hydrogen) atoms. The summed E-state index contributed by atoms with van der Waals surface area (Å²) >= 11 is 6.39. The largest absolute Gasteiger partial charge is 0.379 e. The zero-order valence-electron chi connectivity index (χ0n) is 11.3. The third-order valence-corrected chi connectivity index (χ3v) is 4.62. The number of nitrogens with one attached hydrogen (secondary N) is 1. The number of methoxy groups -OCH3 is 1. The van der Waals surface area contributed by atoms with Crippen LogP contribution in [0.3, 0.4) is 0 Å². The van der Waals surface area contributed by atoms with E-state index in [2.05, 4.69) is 24.9 Å². The van der Waals surface area contributed by atoms with E-state index >= 15 is 0 Å². The lowest BCUT2D eigenvalue weighted by Crippen LogP contribution is -2.32. The van der Waals surface area contributed by atoms with Gasteiger partial charge in [0, 0.05) is 31.1 Å². The number of rotatable bonds is 3. The fraction of sp³-hybridized carbons (Fsp3) is 0.600. The molecule has 0 aromatic carbocycles. The summed E-state index contributed by atoms with van der Waals surface area (Å²) in [5.74, 6) is 0.546. The summed E-state index contributed by atoms with van der Waals surface area (Å²) in [4.78, 5) is 0. The van der Waals surface area contributed by atoms with Crippen molar-refractivity contribution in [1.82, 2.24) is 5.32 Å². The van der Waals surface area contributed by atoms with Gasteiger partial charge in [0.15, 0.2) is 0 Å². The number of hydrogen-bond donors (Lipinski definition) is 1. The van der Waals surface area contributed by atoms with E-state index in [0.29, 0.717) is 17.9 Å². The van der Waals surface area contributed by atoms with Crippen LogP contribution in [0.1, 0.15) is 19.8 Å². The molecular weight excluding hydrogens is 246 g/mol. The van der Waals surface area contributed by atoms with Crippen LogP contribution in [0.4, 0.5) is 0 Å². The summed E-state index contributed by atoms with van der Waals surface area (Å²) in [6, 6.07) is 0. The Labute approximate surface area is 115 Å². The van der Waals surface area contributed by atoms with Crippen LogP contribution in [0.15, 0.2) is 34.9 Å². The van der Waals surface area contributed by atoms with Gasteiger partial charge in [-0.15, -0.1) is 0 Å². The van der Waals surface area contributed by atoms with Gasteiger partial charge in [0.2, 0.25) is 0 Å². The molecule has 1 aliphatic heterocycles. The highest BCUT2D eigenvalue weighted by Crippen LogP contribution is 2.49. The smallest absolute Gasteiger partial charge is 0.0822 e. The van der Waals surface area contributed by atoms with Crippen LogP contribution in [0.25, 0.3) is 0 Å². The van der Waals surface area contributed by atoms with Crippen molar-refractivity contribution >= 4 is 11.6 Å². The van der Waals surface area contributed by atoms with Gasteiger partial charge >= 0.3 is 0 Å². The molecule has 0 aromatic heterocycles. The average molecular weight is 268 g/mol. The molecule has 2 aliphatic rings. The van der Waals surface area contributed by atoms with Crippen LogP contribution in [0.2, 0.25) is 0 Å². The predicted molar refractivity (Wildman–Crippen MR) is 76.7 cm³/mol. The third-order valence-electron chi connectivity index (χ3n) is 4.28. The van der Waals surface area contributed by atoms with Gasteiger partial charge < -0.3 is 10.1 Å². The maximum Gasteiger partial charge on any atom is 0.0822 e. The second-order valence-electron chi connectivity index (χ2n) is 5.51. The topological polar surface area (TPSA) is 21.3 Å². The van der Waals surface area contributed by atoms with Gasteiger partial charge in [-0.05, 0) is 29.4 Å². The first kappa shape index (κ1) is 13.9. The molecule has 0 aromatic rings. The average Bonchev–Trinajstić information content (AvgIpc) is 2.72. The number of fused-ring (bicyclic) bond motifs is 1. The monoisotopic (exact) mass is 267 g/mol. The van der Waals surface area contributed by atoms with Gasteiger partial charge in [0.25, 0.3) is 0 Å². The van der Waals surface area contributed by atoms with Crippen molar-refractivity contribution in [3.63, 3.8) is 0 Å².